The van der Waals surface area contributed by atoms with Crippen molar-refractivity contribution in [3.63, 3.8) is 0 Å². The van der Waals surface area contributed by atoms with Gasteiger partial charge in [-0.15, -0.1) is 0 Å². The van der Waals surface area contributed by atoms with E-state index in [1.54, 1.807) is 19.2 Å². The summed E-state index contributed by atoms with van der Waals surface area (Å²) in [5.74, 6) is 0.0847. The van der Waals surface area contributed by atoms with Crippen molar-refractivity contribution in [3.05, 3.63) is 29.6 Å². The first kappa shape index (κ1) is 17.1. The molecule has 1 saturated carbocycles. The second-order valence-electron chi connectivity index (χ2n) is 5.48. The van der Waals surface area contributed by atoms with Gasteiger partial charge in [-0.1, -0.05) is 6.07 Å². The van der Waals surface area contributed by atoms with Gasteiger partial charge in [0.1, 0.15) is 0 Å². The molecule has 22 heavy (non-hydrogen) atoms. The zero-order valence-electron chi connectivity index (χ0n) is 13.2. The highest BCUT2D eigenvalue weighted by molar-refractivity contribution is 5.30. The Kier molecular flexibility index (Phi) is 7.59. The maximum atomic E-state index is 13.8. The van der Waals surface area contributed by atoms with E-state index in [0.29, 0.717) is 18.9 Å². The van der Waals surface area contributed by atoms with Crippen molar-refractivity contribution in [3.8, 4) is 5.75 Å². The van der Waals surface area contributed by atoms with Crippen LogP contribution in [0.25, 0.3) is 0 Å². The molecular weight excluding hydrogens is 285 g/mol. The fourth-order valence-corrected chi connectivity index (χ4v) is 2.52. The van der Waals surface area contributed by atoms with Crippen molar-refractivity contribution < 1.29 is 14.0 Å². The van der Waals surface area contributed by atoms with Gasteiger partial charge in [0, 0.05) is 20.1 Å². The van der Waals surface area contributed by atoms with Crippen LogP contribution in [0, 0.1) is 5.82 Å². The van der Waals surface area contributed by atoms with Crippen LogP contribution in [-0.4, -0.2) is 26.3 Å². The molecule has 0 amide bonds. The highest BCUT2D eigenvalue weighted by Crippen LogP contribution is 2.26. The maximum absolute atomic E-state index is 13.8. The minimum atomic E-state index is -0.284. The SMILES string of the molecule is CNOCCCNNCc1ccc(F)c(OC2CCCC2)c1. The van der Waals surface area contributed by atoms with Crippen LogP contribution in [0.2, 0.25) is 0 Å². The summed E-state index contributed by atoms with van der Waals surface area (Å²) in [4.78, 5) is 5.01. The van der Waals surface area contributed by atoms with Gasteiger partial charge in [0.25, 0.3) is 0 Å². The summed E-state index contributed by atoms with van der Waals surface area (Å²) < 4.78 is 19.6. The Morgan fingerprint density at radius 2 is 2.05 bits per heavy atom. The van der Waals surface area contributed by atoms with E-state index in [1.807, 2.05) is 0 Å². The summed E-state index contributed by atoms with van der Waals surface area (Å²) in [6.45, 7) is 2.07. The van der Waals surface area contributed by atoms with Gasteiger partial charge in [0.05, 0.1) is 12.7 Å². The van der Waals surface area contributed by atoms with Crippen LogP contribution in [0.3, 0.4) is 0 Å². The minimum absolute atomic E-state index is 0.169. The molecule has 0 atom stereocenters. The molecule has 0 spiro atoms. The third-order valence-corrected chi connectivity index (χ3v) is 3.70. The molecule has 1 aromatic rings. The lowest BCUT2D eigenvalue weighted by molar-refractivity contribution is 0.0559. The Balaban J connectivity index is 1.71. The van der Waals surface area contributed by atoms with Crippen molar-refractivity contribution in [1.82, 2.24) is 16.3 Å². The summed E-state index contributed by atoms with van der Waals surface area (Å²) in [6, 6.07) is 5.03. The minimum Gasteiger partial charge on any atom is -0.487 e. The molecule has 0 aliphatic heterocycles. The first-order valence-electron chi connectivity index (χ1n) is 7.99. The van der Waals surface area contributed by atoms with Gasteiger partial charge in [-0.3, -0.25) is 10.9 Å². The van der Waals surface area contributed by atoms with Gasteiger partial charge in [-0.2, -0.15) is 0 Å². The van der Waals surface area contributed by atoms with Crippen LogP contribution in [0.1, 0.15) is 37.7 Å². The van der Waals surface area contributed by atoms with E-state index in [0.717, 1.165) is 31.4 Å². The number of hydrogen-bond donors (Lipinski definition) is 3. The number of nitrogens with one attached hydrogen (secondary N) is 3. The van der Waals surface area contributed by atoms with Gasteiger partial charge in [-0.05, 0) is 49.8 Å². The third kappa shape index (κ3) is 5.88. The summed E-state index contributed by atoms with van der Waals surface area (Å²) >= 11 is 0. The maximum Gasteiger partial charge on any atom is 0.165 e. The van der Waals surface area contributed by atoms with Crippen molar-refractivity contribution in [1.29, 1.82) is 0 Å². The predicted molar refractivity (Wildman–Crippen MR) is 83.8 cm³/mol. The quantitative estimate of drug-likeness (QED) is 0.457. The van der Waals surface area contributed by atoms with E-state index in [-0.39, 0.29) is 11.9 Å². The predicted octanol–water partition coefficient (Wildman–Crippen LogP) is 2.28. The second kappa shape index (κ2) is 9.74. The van der Waals surface area contributed by atoms with Crippen LogP contribution < -0.4 is 21.1 Å². The van der Waals surface area contributed by atoms with Crippen LogP contribution in [0.5, 0.6) is 5.75 Å². The average molecular weight is 311 g/mol. The van der Waals surface area contributed by atoms with E-state index >= 15 is 0 Å². The molecule has 2 rings (SSSR count). The molecule has 0 saturated heterocycles. The lowest BCUT2D eigenvalue weighted by atomic mass is 10.2. The van der Waals surface area contributed by atoms with Crippen molar-refractivity contribution >= 4 is 0 Å². The molecule has 1 aliphatic carbocycles. The number of hydroxylamine groups is 1. The Labute approximate surface area is 131 Å². The van der Waals surface area contributed by atoms with Crippen LogP contribution in [-0.2, 0) is 11.4 Å². The van der Waals surface area contributed by atoms with E-state index in [1.165, 1.54) is 18.9 Å². The molecule has 0 unspecified atom stereocenters. The van der Waals surface area contributed by atoms with Gasteiger partial charge in [-0.25, -0.2) is 9.87 Å². The summed E-state index contributed by atoms with van der Waals surface area (Å²) in [6.07, 6.45) is 5.47. The largest absolute Gasteiger partial charge is 0.487 e. The Morgan fingerprint density at radius 1 is 1.23 bits per heavy atom. The fourth-order valence-electron chi connectivity index (χ4n) is 2.52. The van der Waals surface area contributed by atoms with Crippen molar-refractivity contribution in [2.45, 2.75) is 44.8 Å². The molecule has 0 bridgehead atoms. The molecule has 0 aromatic heterocycles. The molecule has 6 heteroatoms. The molecule has 1 aliphatic rings. The number of hydrazine groups is 1. The van der Waals surface area contributed by atoms with E-state index in [4.69, 9.17) is 9.57 Å². The standard InChI is InChI=1S/C16H26FN3O2/c1-18-21-10-4-9-19-20-12-13-7-8-15(17)16(11-13)22-14-5-2-3-6-14/h7-8,11,14,18-20H,2-6,9-10,12H2,1H3. The average Bonchev–Trinajstić information content (AvgIpc) is 3.02. The monoisotopic (exact) mass is 311 g/mol. The first-order chi connectivity index (χ1) is 10.8. The van der Waals surface area contributed by atoms with Crippen LogP contribution in [0.4, 0.5) is 4.39 Å². The lowest BCUT2D eigenvalue weighted by Gasteiger charge is -2.15. The van der Waals surface area contributed by atoms with Crippen molar-refractivity contribution in [2.24, 2.45) is 0 Å². The lowest BCUT2D eigenvalue weighted by Crippen LogP contribution is -2.32. The second-order valence-corrected chi connectivity index (χ2v) is 5.48. The van der Waals surface area contributed by atoms with Gasteiger partial charge in [0.2, 0.25) is 0 Å². The Bertz CT molecular complexity index is 439. The third-order valence-electron chi connectivity index (χ3n) is 3.70. The smallest absolute Gasteiger partial charge is 0.165 e. The molecule has 1 fully saturated rings. The van der Waals surface area contributed by atoms with E-state index in [9.17, 15) is 4.39 Å². The van der Waals surface area contributed by atoms with Crippen LogP contribution in [0.15, 0.2) is 18.2 Å². The molecular formula is C16H26FN3O2. The Morgan fingerprint density at radius 3 is 2.82 bits per heavy atom. The zero-order valence-corrected chi connectivity index (χ0v) is 13.2. The van der Waals surface area contributed by atoms with E-state index in [2.05, 4.69) is 16.3 Å². The molecule has 3 N–H and O–H groups in total. The highest BCUT2D eigenvalue weighted by Gasteiger charge is 2.18. The Hall–Kier alpha value is -1.21. The van der Waals surface area contributed by atoms with Crippen LogP contribution >= 0.6 is 0 Å². The van der Waals surface area contributed by atoms with E-state index < -0.39 is 0 Å². The molecule has 124 valence electrons. The van der Waals surface area contributed by atoms with Crippen molar-refractivity contribution in [2.75, 3.05) is 20.2 Å². The number of rotatable bonds is 10. The fraction of sp³-hybridized carbons (Fsp3) is 0.625. The van der Waals surface area contributed by atoms with Gasteiger partial charge >= 0.3 is 0 Å². The topological polar surface area (TPSA) is 54.5 Å². The number of hydrogen-bond acceptors (Lipinski definition) is 5. The summed E-state index contributed by atoms with van der Waals surface area (Å²) in [5, 5.41) is 0. The summed E-state index contributed by atoms with van der Waals surface area (Å²) in [5.41, 5.74) is 9.84. The summed E-state index contributed by atoms with van der Waals surface area (Å²) in [7, 11) is 1.74. The highest BCUT2D eigenvalue weighted by atomic mass is 19.1. The number of ether oxygens (including phenoxy) is 1. The number of halogens is 1. The normalized spacial score (nSPS) is 15.4. The molecule has 5 nitrogen and oxygen atoms in total. The molecule has 0 heterocycles. The van der Waals surface area contributed by atoms with Gasteiger partial charge in [0.15, 0.2) is 11.6 Å². The molecule has 0 radical (unpaired) electrons. The first-order valence-corrected chi connectivity index (χ1v) is 7.99. The van der Waals surface area contributed by atoms with Gasteiger partial charge < -0.3 is 9.57 Å². The zero-order chi connectivity index (χ0) is 15.6. The number of benzene rings is 1. The molecule has 1 aromatic carbocycles.